The van der Waals surface area contributed by atoms with Gasteiger partial charge in [-0.05, 0) is 30.2 Å². The summed E-state index contributed by atoms with van der Waals surface area (Å²) in [5.74, 6) is 0.645. The summed E-state index contributed by atoms with van der Waals surface area (Å²) >= 11 is 7.49. The predicted octanol–water partition coefficient (Wildman–Crippen LogP) is 4.94. The Bertz CT molecular complexity index is 1000. The molecule has 0 aliphatic heterocycles. The second kappa shape index (κ2) is 11.0. The first-order chi connectivity index (χ1) is 14.9. The first kappa shape index (κ1) is 22.8. The van der Waals surface area contributed by atoms with Gasteiger partial charge in [0, 0.05) is 24.9 Å². The van der Waals surface area contributed by atoms with Crippen molar-refractivity contribution in [2.45, 2.75) is 26.8 Å². The van der Waals surface area contributed by atoms with Crippen molar-refractivity contribution >= 4 is 45.6 Å². The zero-order chi connectivity index (χ0) is 22.2. The van der Waals surface area contributed by atoms with Crippen LogP contribution in [0.15, 0.2) is 52.5 Å². The van der Waals surface area contributed by atoms with Crippen molar-refractivity contribution in [3.63, 3.8) is 0 Å². The van der Waals surface area contributed by atoms with Crippen molar-refractivity contribution in [1.29, 1.82) is 0 Å². The molecular formula is C22H25ClN4O3S. The molecular weight excluding hydrogens is 436 g/mol. The maximum absolute atomic E-state index is 13.1. The standard InChI is InChI=1S/C22H25ClN4O3S/c1-15(2)12-24-20(28)9-10-27(13-16-6-5-11-30-16)21(29)19-14-31-22(26-19)25-18-8-4-3-7-17(18)23/h3-8,11,14-15H,9-10,12-13H2,1-2H3,(H,24,28)(H,25,26). The Morgan fingerprint density at radius 3 is 2.74 bits per heavy atom. The van der Waals surface area contributed by atoms with Crippen molar-refractivity contribution in [1.82, 2.24) is 15.2 Å². The number of para-hydroxylation sites is 1. The number of aromatic nitrogens is 1. The van der Waals surface area contributed by atoms with Crippen LogP contribution in [0.3, 0.4) is 0 Å². The van der Waals surface area contributed by atoms with Gasteiger partial charge >= 0.3 is 0 Å². The van der Waals surface area contributed by atoms with Crippen LogP contribution in [0, 0.1) is 5.92 Å². The van der Waals surface area contributed by atoms with Crippen LogP contribution in [0.4, 0.5) is 10.8 Å². The molecule has 9 heteroatoms. The van der Waals surface area contributed by atoms with Crippen LogP contribution in [0.1, 0.15) is 36.5 Å². The molecule has 2 aromatic heterocycles. The number of benzene rings is 1. The fourth-order valence-corrected chi connectivity index (χ4v) is 3.63. The molecule has 1 aromatic carbocycles. The summed E-state index contributed by atoms with van der Waals surface area (Å²) < 4.78 is 5.39. The molecule has 0 unspecified atom stereocenters. The van der Waals surface area contributed by atoms with Crippen molar-refractivity contribution < 1.29 is 14.0 Å². The quantitative estimate of drug-likeness (QED) is 0.447. The van der Waals surface area contributed by atoms with Crippen LogP contribution in [-0.4, -0.2) is 34.8 Å². The highest BCUT2D eigenvalue weighted by Gasteiger charge is 2.21. The van der Waals surface area contributed by atoms with E-state index in [4.69, 9.17) is 16.0 Å². The molecule has 164 valence electrons. The highest BCUT2D eigenvalue weighted by atomic mass is 35.5. The topological polar surface area (TPSA) is 87.5 Å². The summed E-state index contributed by atoms with van der Waals surface area (Å²) in [5, 5.41) is 8.82. The van der Waals surface area contributed by atoms with Crippen LogP contribution < -0.4 is 10.6 Å². The number of hydrogen-bond donors (Lipinski definition) is 2. The Morgan fingerprint density at radius 1 is 1.23 bits per heavy atom. The van der Waals surface area contributed by atoms with Gasteiger partial charge in [-0.25, -0.2) is 4.98 Å². The number of anilines is 2. The van der Waals surface area contributed by atoms with Gasteiger partial charge in [0.05, 0.1) is 23.5 Å². The molecule has 31 heavy (non-hydrogen) atoms. The van der Waals surface area contributed by atoms with E-state index in [1.807, 2.05) is 32.0 Å². The molecule has 0 aliphatic carbocycles. The number of amides is 2. The molecule has 2 heterocycles. The van der Waals surface area contributed by atoms with Gasteiger partial charge in [0.2, 0.25) is 5.91 Å². The fraction of sp³-hybridized carbons (Fsp3) is 0.318. The largest absolute Gasteiger partial charge is 0.467 e. The number of carbonyl (C=O) groups is 2. The van der Waals surface area contributed by atoms with Crippen LogP contribution >= 0.6 is 22.9 Å². The monoisotopic (exact) mass is 460 g/mol. The molecule has 3 aromatic rings. The van der Waals surface area contributed by atoms with E-state index in [1.165, 1.54) is 11.3 Å². The van der Waals surface area contributed by atoms with Crippen LogP contribution in [0.25, 0.3) is 0 Å². The third kappa shape index (κ3) is 6.83. The van der Waals surface area contributed by atoms with Gasteiger partial charge in [0.25, 0.3) is 5.91 Å². The molecule has 0 fully saturated rings. The maximum atomic E-state index is 13.1. The molecule has 0 bridgehead atoms. The van der Waals surface area contributed by atoms with E-state index in [2.05, 4.69) is 15.6 Å². The molecule has 0 saturated heterocycles. The zero-order valence-electron chi connectivity index (χ0n) is 17.4. The normalized spacial score (nSPS) is 10.8. The van der Waals surface area contributed by atoms with Gasteiger partial charge in [-0.3, -0.25) is 9.59 Å². The number of rotatable bonds is 10. The number of halogens is 1. The molecule has 2 N–H and O–H groups in total. The number of hydrogen-bond acceptors (Lipinski definition) is 6. The summed E-state index contributed by atoms with van der Waals surface area (Å²) in [7, 11) is 0. The zero-order valence-corrected chi connectivity index (χ0v) is 19.0. The number of furan rings is 1. The fourth-order valence-electron chi connectivity index (χ4n) is 2.76. The minimum atomic E-state index is -0.267. The third-order valence-electron chi connectivity index (χ3n) is 4.37. The molecule has 0 radical (unpaired) electrons. The third-order valence-corrected chi connectivity index (χ3v) is 5.46. The molecule has 7 nitrogen and oxygen atoms in total. The lowest BCUT2D eigenvalue weighted by molar-refractivity contribution is -0.121. The van der Waals surface area contributed by atoms with Gasteiger partial charge < -0.3 is 20.0 Å². The summed E-state index contributed by atoms with van der Waals surface area (Å²) in [5.41, 5.74) is 1.01. The second-order valence-corrected chi connectivity index (χ2v) is 8.66. The van der Waals surface area contributed by atoms with Crippen LogP contribution in [-0.2, 0) is 11.3 Å². The highest BCUT2D eigenvalue weighted by Crippen LogP contribution is 2.27. The van der Waals surface area contributed by atoms with Crippen molar-refractivity contribution in [2.24, 2.45) is 5.92 Å². The second-order valence-electron chi connectivity index (χ2n) is 7.40. The smallest absolute Gasteiger partial charge is 0.273 e. The maximum Gasteiger partial charge on any atom is 0.273 e. The average Bonchev–Trinajstić information content (AvgIpc) is 3.43. The van der Waals surface area contributed by atoms with Gasteiger partial charge in [-0.1, -0.05) is 37.6 Å². The lowest BCUT2D eigenvalue weighted by Crippen LogP contribution is -2.35. The lowest BCUT2D eigenvalue weighted by atomic mass is 10.2. The van der Waals surface area contributed by atoms with Crippen molar-refractivity contribution in [3.8, 4) is 0 Å². The summed E-state index contributed by atoms with van der Waals surface area (Å²) in [6.07, 6.45) is 1.76. The van der Waals surface area contributed by atoms with Gasteiger partial charge in [0.1, 0.15) is 11.5 Å². The number of carbonyl (C=O) groups excluding carboxylic acids is 2. The molecule has 2 amide bonds. The van der Waals surface area contributed by atoms with E-state index in [9.17, 15) is 9.59 Å². The summed E-state index contributed by atoms with van der Waals surface area (Å²) in [4.78, 5) is 31.3. The lowest BCUT2D eigenvalue weighted by Gasteiger charge is -2.20. The van der Waals surface area contributed by atoms with Crippen LogP contribution in [0.2, 0.25) is 5.02 Å². The molecule has 0 atom stereocenters. The highest BCUT2D eigenvalue weighted by molar-refractivity contribution is 7.14. The van der Waals surface area contributed by atoms with E-state index in [-0.39, 0.29) is 31.3 Å². The van der Waals surface area contributed by atoms with E-state index in [1.54, 1.807) is 34.7 Å². The molecule has 0 saturated carbocycles. The van der Waals surface area contributed by atoms with Crippen molar-refractivity contribution in [3.05, 3.63) is 64.5 Å². The summed E-state index contributed by atoms with van der Waals surface area (Å²) in [6.45, 7) is 5.18. The molecule has 3 rings (SSSR count). The molecule has 0 aliphatic rings. The Labute approximate surface area is 190 Å². The summed E-state index contributed by atoms with van der Waals surface area (Å²) in [6, 6.07) is 10.9. The number of nitrogens with one attached hydrogen (secondary N) is 2. The van der Waals surface area contributed by atoms with E-state index >= 15 is 0 Å². The first-order valence-corrected chi connectivity index (χ1v) is 11.2. The Kier molecular flexibility index (Phi) is 8.08. The first-order valence-electron chi connectivity index (χ1n) is 9.98. The van der Waals surface area contributed by atoms with Gasteiger partial charge in [-0.15, -0.1) is 11.3 Å². The number of thiazole rings is 1. The van der Waals surface area contributed by atoms with E-state index < -0.39 is 0 Å². The predicted molar refractivity (Wildman–Crippen MR) is 123 cm³/mol. The Balaban J connectivity index is 1.68. The number of nitrogens with zero attached hydrogens (tertiary/aromatic N) is 2. The van der Waals surface area contributed by atoms with E-state index in [0.717, 1.165) is 0 Å². The van der Waals surface area contributed by atoms with Crippen LogP contribution in [0.5, 0.6) is 0 Å². The Morgan fingerprint density at radius 2 is 2.03 bits per heavy atom. The minimum absolute atomic E-state index is 0.0923. The average molecular weight is 461 g/mol. The minimum Gasteiger partial charge on any atom is -0.467 e. The Hall–Kier alpha value is -2.84. The SMILES string of the molecule is CC(C)CNC(=O)CCN(Cc1ccco1)C(=O)c1csc(Nc2ccccc2Cl)n1. The van der Waals surface area contributed by atoms with Crippen molar-refractivity contribution in [2.75, 3.05) is 18.4 Å². The molecule has 0 spiro atoms. The van der Waals surface area contributed by atoms with Gasteiger partial charge in [0.15, 0.2) is 5.13 Å². The van der Waals surface area contributed by atoms with Gasteiger partial charge in [-0.2, -0.15) is 0 Å². The van der Waals surface area contributed by atoms with E-state index in [0.29, 0.717) is 39.8 Å².